The zero-order valence-electron chi connectivity index (χ0n) is 12.9. The molecule has 1 saturated heterocycles. The third-order valence-electron chi connectivity index (χ3n) is 4.79. The molecule has 1 aliphatic carbocycles. The van der Waals surface area contributed by atoms with Crippen LogP contribution in [0.5, 0.6) is 5.75 Å². The second-order valence-corrected chi connectivity index (χ2v) is 6.87. The third-order valence-corrected chi connectivity index (χ3v) is 4.79. The summed E-state index contributed by atoms with van der Waals surface area (Å²) < 4.78 is 5.23. The summed E-state index contributed by atoms with van der Waals surface area (Å²) >= 11 is 0. The molecule has 1 aromatic rings. The predicted molar refractivity (Wildman–Crippen MR) is 82.0 cm³/mol. The number of benzene rings is 1. The molecule has 1 atom stereocenters. The van der Waals surface area contributed by atoms with Crippen LogP contribution in [0, 0.1) is 5.92 Å². The fraction of sp³-hybridized carbons (Fsp3) is 0.647. The van der Waals surface area contributed by atoms with Crippen LogP contribution in [0.15, 0.2) is 24.3 Å². The van der Waals surface area contributed by atoms with Crippen molar-refractivity contribution in [3.63, 3.8) is 0 Å². The summed E-state index contributed by atoms with van der Waals surface area (Å²) in [5, 5.41) is 3.74. The molecule has 1 aromatic carbocycles. The highest BCUT2D eigenvalue weighted by Crippen LogP contribution is 2.36. The van der Waals surface area contributed by atoms with Gasteiger partial charge >= 0.3 is 0 Å². The van der Waals surface area contributed by atoms with Gasteiger partial charge in [0.2, 0.25) is 0 Å². The van der Waals surface area contributed by atoms with Crippen molar-refractivity contribution >= 4 is 0 Å². The molecule has 3 nitrogen and oxygen atoms in total. The van der Waals surface area contributed by atoms with Crippen LogP contribution in [-0.2, 0) is 6.54 Å². The second-order valence-electron chi connectivity index (χ2n) is 6.87. The fourth-order valence-electron chi connectivity index (χ4n) is 3.09. The number of nitrogens with zero attached hydrogens (tertiary/aromatic N) is 1. The molecule has 1 aliphatic heterocycles. The molecule has 0 bridgehead atoms. The van der Waals surface area contributed by atoms with E-state index < -0.39 is 0 Å². The first-order valence-corrected chi connectivity index (χ1v) is 7.70. The Morgan fingerprint density at radius 2 is 1.95 bits per heavy atom. The summed E-state index contributed by atoms with van der Waals surface area (Å²) in [6, 6.07) is 9.18. The van der Waals surface area contributed by atoms with E-state index in [1.807, 2.05) is 0 Å². The van der Waals surface area contributed by atoms with E-state index >= 15 is 0 Å². The van der Waals surface area contributed by atoms with Crippen molar-refractivity contribution in [3.8, 4) is 5.75 Å². The molecule has 2 aliphatic rings. The van der Waals surface area contributed by atoms with Crippen LogP contribution < -0.4 is 10.1 Å². The van der Waals surface area contributed by atoms with Crippen molar-refractivity contribution < 1.29 is 4.74 Å². The van der Waals surface area contributed by atoms with Crippen LogP contribution in [0.3, 0.4) is 0 Å². The minimum atomic E-state index is 0.227. The number of methoxy groups -OCH3 is 1. The topological polar surface area (TPSA) is 24.5 Å². The van der Waals surface area contributed by atoms with Gasteiger partial charge in [-0.2, -0.15) is 0 Å². The Morgan fingerprint density at radius 3 is 2.55 bits per heavy atom. The fourth-order valence-corrected chi connectivity index (χ4v) is 3.09. The van der Waals surface area contributed by atoms with Gasteiger partial charge in [0.25, 0.3) is 0 Å². The Labute approximate surface area is 122 Å². The molecule has 3 rings (SSSR count). The van der Waals surface area contributed by atoms with Crippen molar-refractivity contribution in [1.82, 2.24) is 10.2 Å². The number of hydrogen-bond acceptors (Lipinski definition) is 3. The van der Waals surface area contributed by atoms with Crippen LogP contribution in [0.2, 0.25) is 0 Å². The maximum atomic E-state index is 5.23. The molecule has 20 heavy (non-hydrogen) atoms. The highest BCUT2D eigenvalue weighted by atomic mass is 16.5. The van der Waals surface area contributed by atoms with Crippen LogP contribution in [0.25, 0.3) is 0 Å². The Morgan fingerprint density at radius 1 is 1.25 bits per heavy atom. The molecular formula is C17H26N2O. The van der Waals surface area contributed by atoms with Crippen LogP contribution in [-0.4, -0.2) is 36.7 Å². The molecule has 0 radical (unpaired) electrons. The first kappa shape index (κ1) is 13.9. The van der Waals surface area contributed by atoms with Crippen molar-refractivity contribution in [2.75, 3.05) is 20.2 Å². The van der Waals surface area contributed by atoms with Crippen LogP contribution in [0.4, 0.5) is 0 Å². The highest BCUT2D eigenvalue weighted by molar-refractivity contribution is 5.27. The van der Waals surface area contributed by atoms with Gasteiger partial charge in [-0.25, -0.2) is 0 Å². The lowest BCUT2D eigenvalue weighted by Gasteiger charge is -2.46. The van der Waals surface area contributed by atoms with Gasteiger partial charge in [-0.05, 0) is 50.3 Å². The van der Waals surface area contributed by atoms with Crippen LogP contribution >= 0.6 is 0 Å². The maximum Gasteiger partial charge on any atom is 0.118 e. The van der Waals surface area contributed by atoms with Gasteiger partial charge in [0.05, 0.1) is 7.11 Å². The maximum absolute atomic E-state index is 5.23. The van der Waals surface area contributed by atoms with E-state index in [1.165, 1.54) is 24.9 Å². The summed E-state index contributed by atoms with van der Waals surface area (Å²) in [4.78, 5) is 2.63. The smallest absolute Gasteiger partial charge is 0.118 e. The van der Waals surface area contributed by atoms with Gasteiger partial charge in [0.1, 0.15) is 5.75 Å². The van der Waals surface area contributed by atoms with E-state index in [0.29, 0.717) is 6.04 Å². The lowest BCUT2D eigenvalue weighted by molar-refractivity contribution is 0.0534. The standard InChI is InChI=1S/C17H26N2O/c1-17(2)12-18-16(14-6-7-14)11-19(17)10-13-4-8-15(20-3)9-5-13/h4-5,8-9,14,16,18H,6-7,10-12H2,1-3H3. The minimum Gasteiger partial charge on any atom is -0.497 e. The quantitative estimate of drug-likeness (QED) is 0.913. The van der Waals surface area contributed by atoms with Crippen molar-refractivity contribution in [1.29, 1.82) is 0 Å². The minimum absolute atomic E-state index is 0.227. The van der Waals surface area contributed by atoms with E-state index in [4.69, 9.17) is 4.74 Å². The Bertz CT molecular complexity index is 451. The number of hydrogen-bond donors (Lipinski definition) is 1. The van der Waals surface area contributed by atoms with Crippen molar-refractivity contribution in [3.05, 3.63) is 29.8 Å². The summed E-state index contributed by atoms with van der Waals surface area (Å²) in [5.74, 6) is 1.86. The molecule has 0 aromatic heterocycles. The second kappa shape index (κ2) is 5.38. The van der Waals surface area contributed by atoms with E-state index in [0.717, 1.165) is 24.8 Å². The molecule has 1 heterocycles. The first-order valence-electron chi connectivity index (χ1n) is 7.70. The summed E-state index contributed by atoms with van der Waals surface area (Å²) in [7, 11) is 1.72. The number of rotatable bonds is 4. The van der Waals surface area contributed by atoms with Crippen LogP contribution in [0.1, 0.15) is 32.3 Å². The summed E-state index contributed by atoms with van der Waals surface area (Å²) in [6.07, 6.45) is 2.82. The van der Waals surface area contributed by atoms with Crippen molar-refractivity contribution in [2.24, 2.45) is 5.92 Å². The summed E-state index contributed by atoms with van der Waals surface area (Å²) in [5.41, 5.74) is 1.60. The summed E-state index contributed by atoms with van der Waals surface area (Å²) in [6.45, 7) is 7.97. The molecule has 110 valence electrons. The monoisotopic (exact) mass is 274 g/mol. The zero-order chi connectivity index (χ0) is 14.2. The lowest BCUT2D eigenvalue weighted by atomic mass is 9.95. The average Bonchev–Trinajstić information content (AvgIpc) is 3.26. The Balaban J connectivity index is 1.68. The Kier molecular flexibility index (Phi) is 3.74. The Hall–Kier alpha value is -1.06. The van der Waals surface area contributed by atoms with Crippen molar-refractivity contribution in [2.45, 2.75) is 44.8 Å². The molecule has 3 heteroatoms. The van der Waals surface area contributed by atoms with E-state index in [1.54, 1.807) is 7.11 Å². The predicted octanol–water partition coefficient (Wildman–Crippen LogP) is 2.66. The van der Waals surface area contributed by atoms with Gasteiger partial charge in [0, 0.05) is 31.2 Å². The van der Waals surface area contributed by atoms with Gasteiger partial charge in [-0.15, -0.1) is 0 Å². The molecule has 0 amide bonds. The number of piperazine rings is 1. The zero-order valence-corrected chi connectivity index (χ0v) is 12.9. The normalized spacial score (nSPS) is 26.4. The average molecular weight is 274 g/mol. The molecule has 1 unspecified atom stereocenters. The first-order chi connectivity index (χ1) is 9.58. The van der Waals surface area contributed by atoms with Gasteiger partial charge in [0.15, 0.2) is 0 Å². The molecule has 2 fully saturated rings. The van der Waals surface area contributed by atoms with E-state index in [-0.39, 0.29) is 5.54 Å². The van der Waals surface area contributed by atoms with Gasteiger partial charge in [-0.3, -0.25) is 4.90 Å². The molecular weight excluding hydrogens is 248 g/mol. The van der Waals surface area contributed by atoms with Gasteiger partial charge in [-0.1, -0.05) is 12.1 Å². The molecule has 0 spiro atoms. The molecule has 1 saturated carbocycles. The SMILES string of the molecule is COc1ccc(CN2CC(C3CC3)NCC2(C)C)cc1. The lowest BCUT2D eigenvalue weighted by Crippen LogP contribution is -2.62. The molecule has 1 N–H and O–H groups in total. The highest BCUT2D eigenvalue weighted by Gasteiger charge is 2.40. The largest absolute Gasteiger partial charge is 0.497 e. The third kappa shape index (κ3) is 2.99. The van der Waals surface area contributed by atoms with E-state index in [9.17, 15) is 0 Å². The number of ether oxygens (including phenoxy) is 1. The van der Waals surface area contributed by atoms with Gasteiger partial charge < -0.3 is 10.1 Å². The number of nitrogens with one attached hydrogen (secondary N) is 1. The van der Waals surface area contributed by atoms with E-state index in [2.05, 4.69) is 48.3 Å².